The lowest BCUT2D eigenvalue weighted by Crippen LogP contribution is -2.43. The van der Waals surface area contributed by atoms with Crippen molar-refractivity contribution in [2.75, 3.05) is 65.7 Å². The Balaban J connectivity index is 1.22. The van der Waals surface area contributed by atoms with E-state index in [1.807, 2.05) is 61.6 Å². The fourth-order valence-electron chi connectivity index (χ4n) is 5.57. The number of nitrogens with one attached hydrogen (secondary N) is 1. The minimum atomic E-state index is -0.0856. The smallest absolute Gasteiger partial charge is 0.252 e. The highest BCUT2D eigenvalue weighted by molar-refractivity contribution is 5.94. The fraction of sp³-hybridized carbons (Fsp3) is 0.472. The fourth-order valence-corrected chi connectivity index (χ4v) is 5.57. The number of rotatable bonds is 18. The summed E-state index contributed by atoms with van der Waals surface area (Å²) in [5.74, 6) is 1.84. The maximum atomic E-state index is 13.2. The molecule has 8 nitrogen and oxygen atoms in total. The van der Waals surface area contributed by atoms with Gasteiger partial charge >= 0.3 is 0 Å². The Bertz CT molecular complexity index is 1270. The van der Waals surface area contributed by atoms with Crippen molar-refractivity contribution in [1.29, 1.82) is 0 Å². The lowest BCUT2D eigenvalue weighted by molar-refractivity contribution is -0.125. The molecule has 44 heavy (non-hydrogen) atoms. The highest BCUT2D eigenvalue weighted by atomic mass is 16.5. The van der Waals surface area contributed by atoms with Crippen molar-refractivity contribution >= 4 is 11.6 Å². The Kier molecular flexibility index (Phi) is 14.0. The van der Waals surface area contributed by atoms with Gasteiger partial charge in [-0.15, -0.1) is 0 Å². The SMILES string of the molecule is COCCCCc1ccccc1N(C)C(=O)CO[C@H]1CNCC[C@@H]1c1ccc(OCCCOCc2ccccc2OC)cc1. The number of benzene rings is 3. The minimum Gasteiger partial charge on any atom is -0.496 e. The third kappa shape index (κ3) is 10.1. The first-order chi connectivity index (χ1) is 21.6. The Morgan fingerprint density at radius 3 is 2.45 bits per heavy atom. The summed E-state index contributed by atoms with van der Waals surface area (Å²) >= 11 is 0. The van der Waals surface area contributed by atoms with Crippen molar-refractivity contribution < 1.29 is 28.5 Å². The molecular weight excluding hydrogens is 556 g/mol. The maximum absolute atomic E-state index is 13.2. The molecule has 2 atom stereocenters. The van der Waals surface area contributed by atoms with Crippen LogP contribution in [0.1, 0.15) is 48.3 Å². The number of unbranched alkanes of at least 4 members (excludes halogenated alkanes) is 1. The van der Waals surface area contributed by atoms with E-state index >= 15 is 0 Å². The number of hydrogen-bond acceptors (Lipinski definition) is 7. The topological polar surface area (TPSA) is 78.5 Å². The summed E-state index contributed by atoms with van der Waals surface area (Å²) in [6, 6.07) is 24.3. The number of hydrogen-bond donors (Lipinski definition) is 1. The van der Waals surface area contributed by atoms with Crippen LogP contribution in [0.5, 0.6) is 11.5 Å². The van der Waals surface area contributed by atoms with Gasteiger partial charge in [0.15, 0.2) is 0 Å². The van der Waals surface area contributed by atoms with Crippen LogP contribution in [0.15, 0.2) is 72.8 Å². The molecule has 1 heterocycles. The van der Waals surface area contributed by atoms with Gasteiger partial charge in [-0.25, -0.2) is 0 Å². The molecule has 3 aromatic rings. The monoisotopic (exact) mass is 604 g/mol. The van der Waals surface area contributed by atoms with Crippen molar-refractivity contribution in [3.05, 3.63) is 89.5 Å². The molecule has 0 saturated carbocycles. The summed E-state index contributed by atoms with van der Waals surface area (Å²) in [5, 5.41) is 3.43. The molecule has 1 aliphatic heterocycles. The summed E-state index contributed by atoms with van der Waals surface area (Å²) in [5.41, 5.74) is 4.35. The van der Waals surface area contributed by atoms with Gasteiger partial charge in [0.1, 0.15) is 18.1 Å². The molecule has 4 rings (SSSR count). The number of aryl methyl sites for hydroxylation is 1. The average molecular weight is 605 g/mol. The van der Waals surface area contributed by atoms with Gasteiger partial charge < -0.3 is 33.9 Å². The lowest BCUT2D eigenvalue weighted by Gasteiger charge is -2.33. The molecule has 1 fully saturated rings. The number of likely N-dealkylation sites (N-methyl/N-ethyl adjacent to an activating group) is 1. The predicted molar refractivity (Wildman–Crippen MR) is 174 cm³/mol. The van der Waals surface area contributed by atoms with Gasteiger partial charge in [-0.05, 0) is 67.6 Å². The Morgan fingerprint density at radius 2 is 1.66 bits per heavy atom. The van der Waals surface area contributed by atoms with Gasteiger partial charge in [0.25, 0.3) is 5.91 Å². The first kappa shape index (κ1) is 33.5. The summed E-state index contributed by atoms with van der Waals surface area (Å²) in [6.45, 7) is 4.13. The van der Waals surface area contributed by atoms with Crippen LogP contribution in [-0.4, -0.2) is 72.8 Å². The normalized spacial score (nSPS) is 16.4. The van der Waals surface area contributed by atoms with Crippen LogP contribution in [0.4, 0.5) is 5.69 Å². The van der Waals surface area contributed by atoms with Gasteiger partial charge in [-0.1, -0.05) is 48.5 Å². The molecule has 8 heteroatoms. The second-order valence-electron chi connectivity index (χ2n) is 11.1. The molecule has 238 valence electrons. The number of ether oxygens (including phenoxy) is 5. The largest absolute Gasteiger partial charge is 0.496 e. The Labute approximate surface area is 262 Å². The van der Waals surface area contributed by atoms with Crippen molar-refractivity contribution in [3.63, 3.8) is 0 Å². The van der Waals surface area contributed by atoms with Crippen LogP contribution in [0.25, 0.3) is 0 Å². The molecule has 0 spiro atoms. The second-order valence-corrected chi connectivity index (χ2v) is 11.1. The van der Waals surface area contributed by atoms with E-state index < -0.39 is 0 Å². The number of methoxy groups -OCH3 is 2. The van der Waals surface area contributed by atoms with Gasteiger partial charge in [0.05, 0.1) is 33.0 Å². The van der Waals surface area contributed by atoms with E-state index in [1.165, 1.54) is 11.1 Å². The average Bonchev–Trinajstić information content (AvgIpc) is 3.07. The van der Waals surface area contributed by atoms with Crippen LogP contribution in [0, 0.1) is 0 Å². The molecule has 0 bridgehead atoms. The zero-order chi connectivity index (χ0) is 31.0. The number of carbonyl (C=O) groups is 1. The van der Waals surface area contributed by atoms with E-state index in [4.69, 9.17) is 23.7 Å². The van der Waals surface area contributed by atoms with Gasteiger partial charge in [-0.2, -0.15) is 0 Å². The Hall–Kier alpha value is -3.43. The second kappa shape index (κ2) is 18.4. The van der Waals surface area contributed by atoms with Gasteiger partial charge in [0.2, 0.25) is 0 Å². The van der Waals surface area contributed by atoms with E-state index in [0.717, 1.165) is 68.0 Å². The van der Waals surface area contributed by atoms with Crippen molar-refractivity contribution in [2.24, 2.45) is 0 Å². The molecule has 0 radical (unpaired) electrons. The van der Waals surface area contributed by atoms with E-state index in [9.17, 15) is 4.79 Å². The highest BCUT2D eigenvalue weighted by Gasteiger charge is 2.28. The molecule has 1 N–H and O–H groups in total. The van der Waals surface area contributed by atoms with Crippen LogP contribution in [-0.2, 0) is 32.0 Å². The molecule has 1 saturated heterocycles. The number of para-hydroxylation sites is 2. The lowest BCUT2D eigenvalue weighted by atomic mass is 9.87. The standard InChI is InChI=1S/C36H48N2O6/c1-38(33-14-6-4-11-29(33)12-8-9-22-40-2)36(39)27-44-35-25-37-21-20-32(35)28-16-18-31(19-17-28)43-24-10-23-42-26-30-13-5-7-15-34(30)41-3/h4-7,11,13-19,32,35,37H,8-10,12,20-27H2,1-3H3/t32-,35+/m1/s1. The van der Waals surface area contributed by atoms with Crippen molar-refractivity contribution in [2.45, 2.75) is 50.7 Å². The zero-order valence-corrected chi connectivity index (χ0v) is 26.5. The molecule has 0 unspecified atom stereocenters. The zero-order valence-electron chi connectivity index (χ0n) is 26.5. The highest BCUT2D eigenvalue weighted by Crippen LogP contribution is 2.30. The molecule has 0 aromatic heterocycles. The van der Waals surface area contributed by atoms with E-state index in [0.29, 0.717) is 26.4 Å². The molecule has 0 aliphatic carbocycles. The van der Waals surface area contributed by atoms with E-state index in [-0.39, 0.29) is 24.5 Å². The van der Waals surface area contributed by atoms with Crippen LogP contribution in [0.2, 0.25) is 0 Å². The van der Waals surface area contributed by atoms with Crippen molar-refractivity contribution in [1.82, 2.24) is 5.32 Å². The number of piperidine rings is 1. The van der Waals surface area contributed by atoms with Gasteiger partial charge in [0, 0.05) is 50.9 Å². The number of amides is 1. The molecule has 1 aliphatic rings. The van der Waals surface area contributed by atoms with Crippen molar-refractivity contribution in [3.8, 4) is 11.5 Å². The molecule has 3 aromatic carbocycles. The molecule has 1 amide bonds. The Morgan fingerprint density at radius 1 is 0.886 bits per heavy atom. The third-order valence-corrected chi connectivity index (χ3v) is 8.08. The van der Waals surface area contributed by atoms with E-state index in [1.54, 1.807) is 19.1 Å². The summed E-state index contributed by atoms with van der Waals surface area (Å²) in [7, 11) is 5.23. The summed E-state index contributed by atoms with van der Waals surface area (Å²) < 4.78 is 28.6. The number of carbonyl (C=O) groups excluding carboxylic acids is 1. The van der Waals surface area contributed by atoms with Crippen LogP contribution < -0.4 is 19.7 Å². The summed E-state index contributed by atoms with van der Waals surface area (Å²) in [6.07, 6.45) is 4.57. The van der Waals surface area contributed by atoms with Crippen LogP contribution in [0.3, 0.4) is 0 Å². The van der Waals surface area contributed by atoms with Gasteiger partial charge in [-0.3, -0.25) is 4.79 Å². The number of nitrogens with zero attached hydrogens (tertiary/aromatic N) is 1. The van der Waals surface area contributed by atoms with Crippen LogP contribution >= 0.6 is 0 Å². The van der Waals surface area contributed by atoms with E-state index in [2.05, 4.69) is 23.5 Å². The maximum Gasteiger partial charge on any atom is 0.252 e. The molecular formula is C36H48N2O6. The number of anilines is 1. The minimum absolute atomic E-state index is 0.0394. The third-order valence-electron chi connectivity index (χ3n) is 8.08. The predicted octanol–water partition coefficient (Wildman–Crippen LogP) is 5.78. The quantitative estimate of drug-likeness (QED) is 0.185. The first-order valence-electron chi connectivity index (χ1n) is 15.7. The summed E-state index contributed by atoms with van der Waals surface area (Å²) in [4.78, 5) is 14.9. The first-order valence-corrected chi connectivity index (χ1v) is 15.7.